The number of rotatable bonds is 5. The molecule has 1 fully saturated rings. The van der Waals surface area contributed by atoms with Crippen LogP contribution >= 0.6 is 0 Å². The summed E-state index contributed by atoms with van der Waals surface area (Å²) in [6.45, 7) is 1.10. The van der Waals surface area contributed by atoms with E-state index in [0.717, 1.165) is 5.75 Å². The summed E-state index contributed by atoms with van der Waals surface area (Å²) in [5.74, 6) is 1.85. The number of benzene rings is 1. The van der Waals surface area contributed by atoms with Gasteiger partial charge in [0, 0.05) is 13.1 Å². The van der Waals surface area contributed by atoms with E-state index in [0.29, 0.717) is 25.5 Å². The zero-order chi connectivity index (χ0) is 15.1. The first-order chi connectivity index (χ1) is 10.1. The fraction of sp³-hybridized carbons (Fsp3) is 0.500. The third kappa shape index (κ3) is 5.26. The predicted molar refractivity (Wildman–Crippen MR) is 83.5 cm³/mol. The molecule has 0 aliphatic carbocycles. The molecule has 1 atom stereocenters. The highest BCUT2D eigenvalue weighted by molar-refractivity contribution is 7.91. The Morgan fingerprint density at radius 2 is 2.14 bits per heavy atom. The Kier molecular flexibility index (Phi) is 5.44. The Hall–Kier alpha value is -1.76. The molecule has 0 bridgehead atoms. The first-order valence-corrected chi connectivity index (χ1v) is 8.77. The van der Waals surface area contributed by atoms with Crippen LogP contribution in [-0.4, -0.2) is 52.1 Å². The van der Waals surface area contributed by atoms with Crippen molar-refractivity contribution in [2.75, 3.05) is 31.7 Å². The number of sulfone groups is 1. The van der Waals surface area contributed by atoms with Gasteiger partial charge >= 0.3 is 0 Å². The molecule has 1 aliphatic heterocycles. The zero-order valence-corrected chi connectivity index (χ0v) is 12.9. The standard InChI is InChI=1S/C14H21N3O3S/c1-15-14(17-12-7-10-21(18,19)11-12)16-8-9-20-13-5-3-2-4-6-13/h2-6,12H,7-11H2,1H3,(H2,15,16,17). The molecule has 1 unspecified atom stereocenters. The van der Waals surface area contributed by atoms with E-state index in [1.54, 1.807) is 7.05 Å². The minimum absolute atomic E-state index is 0.0590. The highest BCUT2D eigenvalue weighted by atomic mass is 32.2. The van der Waals surface area contributed by atoms with E-state index in [-0.39, 0.29) is 17.5 Å². The van der Waals surface area contributed by atoms with E-state index in [2.05, 4.69) is 15.6 Å². The summed E-state index contributed by atoms with van der Waals surface area (Å²) in [7, 11) is -1.22. The van der Waals surface area contributed by atoms with Crippen LogP contribution in [0, 0.1) is 0 Å². The van der Waals surface area contributed by atoms with Crippen molar-refractivity contribution in [3.05, 3.63) is 30.3 Å². The molecule has 2 rings (SSSR count). The van der Waals surface area contributed by atoms with Crippen LogP contribution in [0.4, 0.5) is 0 Å². The van der Waals surface area contributed by atoms with Gasteiger partial charge in [-0.15, -0.1) is 0 Å². The highest BCUT2D eigenvalue weighted by Gasteiger charge is 2.28. The van der Waals surface area contributed by atoms with Gasteiger partial charge in [0.1, 0.15) is 12.4 Å². The average molecular weight is 311 g/mol. The van der Waals surface area contributed by atoms with E-state index in [1.807, 2.05) is 30.3 Å². The van der Waals surface area contributed by atoms with E-state index < -0.39 is 9.84 Å². The van der Waals surface area contributed by atoms with E-state index in [4.69, 9.17) is 4.74 Å². The number of para-hydroxylation sites is 1. The van der Waals surface area contributed by atoms with Crippen molar-refractivity contribution in [1.29, 1.82) is 0 Å². The highest BCUT2D eigenvalue weighted by Crippen LogP contribution is 2.11. The lowest BCUT2D eigenvalue weighted by Gasteiger charge is -2.16. The number of hydrogen-bond donors (Lipinski definition) is 2. The maximum atomic E-state index is 11.4. The SMILES string of the molecule is CN=C(NCCOc1ccccc1)NC1CCS(=O)(=O)C1. The van der Waals surface area contributed by atoms with Crippen LogP contribution in [0.5, 0.6) is 5.75 Å². The van der Waals surface area contributed by atoms with Gasteiger partial charge < -0.3 is 15.4 Å². The molecule has 1 heterocycles. The third-order valence-corrected chi connectivity index (χ3v) is 4.97. The van der Waals surface area contributed by atoms with Crippen molar-refractivity contribution >= 4 is 15.8 Å². The molecule has 0 spiro atoms. The molecule has 1 saturated heterocycles. The molecular weight excluding hydrogens is 290 g/mol. The quantitative estimate of drug-likeness (QED) is 0.468. The van der Waals surface area contributed by atoms with E-state index in [9.17, 15) is 8.42 Å². The largest absolute Gasteiger partial charge is 0.492 e. The van der Waals surface area contributed by atoms with Gasteiger partial charge in [-0.3, -0.25) is 4.99 Å². The van der Waals surface area contributed by atoms with Crippen LogP contribution in [0.3, 0.4) is 0 Å². The van der Waals surface area contributed by atoms with Gasteiger partial charge in [-0.25, -0.2) is 8.42 Å². The number of nitrogens with one attached hydrogen (secondary N) is 2. The Morgan fingerprint density at radius 3 is 2.76 bits per heavy atom. The predicted octanol–water partition coefficient (Wildman–Crippen LogP) is 0.418. The van der Waals surface area contributed by atoms with Crippen LogP contribution in [0.25, 0.3) is 0 Å². The summed E-state index contributed by atoms with van der Waals surface area (Å²) >= 11 is 0. The molecule has 21 heavy (non-hydrogen) atoms. The second-order valence-corrected chi connectivity index (χ2v) is 7.13. The van der Waals surface area contributed by atoms with Crippen molar-refractivity contribution in [1.82, 2.24) is 10.6 Å². The number of nitrogens with zero attached hydrogens (tertiary/aromatic N) is 1. The summed E-state index contributed by atoms with van der Waals surface area (Å²) < 4.78 is 28.4. The van der Waals surface area contributed by atoms with Crippen LogP contribution < -0.4 is 15.4 Å². The molecule has 6 nitrogen and oxygen atoms in total. The summed E-state index contributed by atoms with van der Waals surface area (Å²) in [5, 5.41) is 6.24. The summed E-state index contributed by atoms with van der Waals surface area (Å²) in [6, 6.07) is 9.52. The van der Waals surface area contributed by atoms with Crippen LogP contribution in [0.1, 0.15) is 6.42 Å². The van der Waals surface area contributed by atoms with Crippen LogP contribution in [-0.2, 0) is 9.84 Å². The fourth-order valence-electron chi connectivity index (χ4n) is 2.15. The van der Waals surface area contributed by atoms with Crippen LogP contribution in [0.15, 0.2) is 35.3 Å². The minimum atomic E-state index is -2.88. The molecular formula is C14H21N3O3S. The maximum Gasteiger partial charge on any atom is 0.191 e. The van der Waals surface area contributed by atoms with E-state index >= 15 is 0 Å². The maximum absolute atomic E-state index is 11.4. The average Bonchev–Trinajstić information content (AvgIpc) is 2.82. The van der Waals surface area contributed by atoms with Crippen molar-refractivity contribution in [3.8, 4) is 5.75 Å². The van der Waals surface area contributed by atoms with Gasteiger partial charge in [-0.2, -0.15) is 0 Å². The zero-order valence-electron chi connectivity index (χ0n) is 12.1. The van der Waals surface area contributed by atoms with Crippen molar-refractivity contribution < 1.29 is 13.2 Å². The van der Waals surface area contributed by atoms with Gasteiger partial charge in [0.05, 0.1) is 18.1 Å². The molecule has 0 amide bonds. The summed E-state index contributed by atoms with van der Waals surface area (Å²) in [5.41, 5.74) is 0. The second kappa shape index (κ2) is 7.31. The lowest BCUT2D eigenvalue weighted by atomic mass is 10.3. The molecule has 1 aliphatic rings. The Balaban J connectivity index is 1.69. The van der Waals surface area contributed by atoms with Crippen molar-refractivity contribution in [3.63, 3.8) is 0 Å². The van der Waals surface area contributed by atoms with Gasteiger partial charge in [0.2, 0.25) is 0 Å². The van der Waals surface area contributed by atoms with Gasteiger partial charge in [-0.05, 0) is 18.6 Å². The molecule has 7 heteroatoms. The Morgan fingerprint density at radius 1 is 1.38 bits per heavy atom. The number of ether oxygens (including phenoxy) is 1. The van der Waals surface area contributed by atoms with Gasteiger partial charge in [-0.1, -0.05) is 18.2 Å². The number of guanidine groups is 1. The Labute approximate surface area is 125 Å². The normalized spacial score (nSPS) is 21.0. The first-order valence-electron chi connectivity index (χ1n) is 6.94. The molecule has 0 radical (unpaired) electrons. The molecule has 2 N–H and O–H groups in total. The molecule has 1 aromatic carbocycles. The van der Waals surface area contributed by atoms with Crippen LogP contribution in [0.2, 0.25) is 0 Å². The topological polar surface area (TPSA) is 79.8 Å². The molecule has 1 aromatic rings. The van der Waals surface area contributed by atoms with Crippen molar-refractivity contribution in [2.45, 2.75) is 12.5 Å². The number of hydrogen-bond acceptors (Lipinski definition) is 4. The molecule has 0 aromatic heterocycles. The molecule has 116 valence electrons. The summed E-state index contributed by atoms with van der Waals surface area (Å²) in [6.07, 6.45) is 0.629. The lowest BCUT2D eigenvalue weighted by molar-refractivity contribution is 0.321. The third-order valence-electron chi connectivity index (χ3n) is 3.20. The fourth-order valence-corrected chi connectivity index (χ4v) is 3.83. The van der Waals surface area contributed by atoms with Crippen molar-refractivity contribution in [2.24, 2.45) is 4.99 Å². The minimum Gasteiger partial charge on any atom is -0.492 e. The van der Waals surface area contributed by atoms with Gasteiger partial charge in [0.25, 0.3) is 0 Å². The smallest absolute Gasteiger partial charge is 0.191 e. The summed E-state index contributed by atoms with van der Waals surface area (Å²) in [4.78, 5) is 4.09. The monoisotopic (exact) mass is 311 g/mol. The Bertz CT molecular complexity index is 572. The van der Waals surface area contributed by atoms with E-state index in [1.165, 1.54) is 0 Å². The molecule has 0 saturated carbocycles. The van der Waals surface area contributed by atoms with Gasteiger partial charge in [0.15, 0.2) is 15.8 Å². The second-order valence-electron chi connectivity index (χ2n) is 4.90. The lowest BCUT2D eigenvalue weighted by Crippen LogP contribution is -2.45. The first kappa shape index (κ1) is 15.6. The number of aliphatic imine (C=N–C) groups is 1.